The molecule has 5 aliphatic heterocycles. The first kappa shape index (κ1) is 25.1. The molecule has 42 heavy (non-hydrogen) atoms. The number of phenolic OH excluding ortho intramolecular Hbond substituents is 2. The third kappa shape index (κ3) is 3.89. The highest BCUT2D eigenvalue weighted by molar-refractivity contribution is 6.04. The van der Waals surface area contributed by atoms with E-state index in [4.69, 9.17) is 23.9 Å². The van der Waals surface area contributed by atoms with Gasteiger partial charge in [-0.3, -0.25) is 9.89 Å². The molecule has 1 atom stereocenters. The molecule has 0 aromatic heterocycles. The number of aromatic hydroxyl groups is 2. The molecule has 212 valence electrons. The number of benzene rings is 4. The van der Waals surface area contributed by atoms with Crippen LogP contribution in [0.15, 0.2) is 59.6 Å². The highest BCUT2D eigenvalue weighted by atomic mass is 16.6. The van der Waals surface area contributed by atoms with Crippen LogP contribution in [0.5, 0.6) is 51.7 Å². The Morgan fingerprint density at radius 1 is 0.881 bits per heavy atom. The predicted molar refractivity (Wildman–Crippen MR) is 157 cm³/mol. The molecule has 5 heterocycles. The van der Waals surface area contributed by atoms with E-state index in [2.05, 4.69) is 11.9 Å². The number of nitrogens with zero attached hydrogens (tertiary/aromatic N) is 2. The van der Waals surface area contributed by atoms with Crippen LogP contribution in [-0.2, 0) is 25.7 Å². The Morgan fingerprint density at radius 2 is 1.67 bits per heavy atom. The number of likely N-dealkylation sites (N-methyl/N-ethyl adjacent to an activating group) is 1. The molecule has 0 radical (unpaired) electrons. The lowest BCUT2D eigenvalue weighted by Gasteiger charge is -2.38. The van der Waals surface area contributed by atoms with Crippen LogP contribution < -0.4 is 18.9 Å². The van der Waals surface area contributed by atoms with Gasteiger partial charge in [-0.1, -0.05) is 18.2 Å². The molecular formula is C34H30N2O6. The molecule has 1 unspecified atom stereocenters. The van der Waals surface area contributed by atoms with E-state index in [9.17, 15) is 10.2 Å². The van der Waals surface area contributed by atoms with E-state index in [1.807, 2.05) is 48.5 Å². The lowest BCUT2D eigenvalue weighted by Crippen LogP contribution is -2.34. The smallest absolute Gasteiger partial charge is 0.216 e. The van der Waals surface area contributed by atoms with Crippen LogP contribution in [-0.4, -0.2) is 48.1 Å². The fourth-order valence-corrected chi connectivity index (χ4v) is 6.64. The van der Waals surface area contributed by atoms with E-state index < -0.39 is 0 Å². The van der Waals surface area contributed by atoms with Crippen molar-refractivity contribution >= 4 is 5.71 Å². The van der Waals surface area contributed by atoms with Gasteiger partial charge in [-0.2, -0.15) is 0 Å². The number of rotatable bonds is 1. The van der Waals surface area contributed by atoms with Gasteiger partial charge in [-0.25, -0.2) is 0 Å². The van der Waals surface area contributed by atoms with E-state index >= 15 is 0 Å². The molecule has 0 saturated heterocycles. The van der Waals surface area contributed by atoms with Crippen molar-refractivity contribution in [1.29, 1.82) is 0 Å². The zero-order valence-electron chi connectivity index (χ0n) is 23.4. The summed E-state index contributed by atoms with van der Waals surface area (Å²) < 4.78 is 25.1. The molecule has 0 spiro atoms. The Kier molecular flexibility index (Phi) is 5.62. The lowest BCUT2D eigenvalue weighted by atomic mass is 9.86. The Hall–Kier alpha value is -4.69. The van der Waals surface area contributed by atoms with Crippen LogP contribution in [0.3, 0.4) is 0 Å². The Bertz CT molecular complexity index is 1800. The first-order valence-electron chi connectivity index (χ1n) is 14.3. The Labute approximate surface area is 243 Å². The van der Waals surface area contributed by atoms with Gasteiger partial charge < -0.3 is 29.2 Å². The van der Waals surface area contributed by atoms with Gasteiger partial charge in [0.2, 0.25) is 11.5 Å². The molecule has 0 saturated carbocycles. The second-order valence-corrected chi connectivity index (χ2v) is 11.3. The fourth-order valence-electron chi connectivity index (χ4n) is 6.64. The van der Waals surface area contributed by atoms with Gasteiger partial charge >= 0.3 is 0 Å². The summed E-state index contributed by atoms with van der Waals surface area (Å²) >= 11 is 0. The minimum atomic E-state index is -0.0782. The molecule has 2 N–H and O–H groups in total. The molecule has 4 aromatic carbocycles. The summed E-state index contributed by atoms with van der Waals surface area (Å²) in [4.78, 5) is 7.18. The number of methoxy groups -OCH3 is 1. The Morgan fingerprint density at radius 3 is 2.50 bits per heavy atom. The maximum Gasteiger partial charge on any atom is 0.216 e. The third-order valence-electron chi connectivity index (χ3n) is 8.83. The second kappa shape index (κ2) is 9.42. The zero-order chi connectivity index (χ0) is 28.5. The third-order valence-corrected chi connectivity index (χ3v) is 8.83. The van der Waals surface area contributed by atoms with Gasteiger partial charge in [0.25, 0.3) is 0 Å². The summed E-state index contributed by atoms with van der Waals surface area (Å²) in [5, 5.41) is 22.0. The number of aliphatic imine (C=N–C) groups is 1. The topological polar surface area (TPSA) is 93.0 Å². The number of ether oxygens (including phenoxy) is 4. The number of hydrogen-bond donors (Lipinski definition) is 2. The van der Waals surface area contributed by atoms with Crippen LogP contribution in [0.4, 0.5) is 0 Å². The fraction of sp³-hybridized carbons (Fsp3) is 0.265. The van der Waals surface area contributed by atoms with Crippen LogP contribution in [0.25, 0.3) is 0 Å². The van der Waals surface area contributed by atoms with Crippen LogP contribution >= 0.6 is 0 Å². The standard InChI is InChI=1S/C34H30N2O6/c1-36-12-10-22-30-25(36)14-18-3-6-21(7-4-18)40-27-15-19(5-8-26(27)37)13-24-23-17-29-28(16-20(23)9-11-35-24)42-34(32(30)41-29)33(39-2)31(22)38/h3-8,15-17,25,37-38H,9-14H2,1-2H3. The highest BCUT2D eigenvalue weighted by Gasteiger charge is 2.39. The minimum absolute atomic E-state index is 0.0782. The van der Waals surface area contributed by atoms with Crippen molar-refractivity contribution in [3.63, 3.8) is 0 Å². The van der Waals surface area contributed by atoms with E-state index in [0.29, 0.717) is 66.1 Å². The Balaban J connectivity index is 1.35. The number of phenols is 2. The monoisotopic (exact) mass is 562 g/mol. The molecular weight excluding hydrogens is 532 g/mol. The van der Waals surface area contributed by atoms with Gasteiger partial charge in [-0.05, 0) is 79.4 Å². The van der Waals surface area contributed by atoms with E-state index in [-0.39, 0.29) is 17.5 Å². The first-order valence-corrected chi connectivity index (χ1v) is 14.3. The van der Waals surface area contributed by atoms with Crippen LogP contribution in [0, 0.1) is 0 Å². The summed E-state index contributed by atoms with van der Waals surface area (Å²) in [5.41, 5.74) is 6.90. The molecule has 7 bridgehead atoms. The summed E-state index contributed by atoms with van der Waals surface area (Å²) in [6, 6.07) is 17.3. The molecule has 8 nitrogen and oxygen atoms in total. The maximum absolute atomic E-state index is 11.4. The highest BCUT2D eigenvalue weighted by Crippen LogP contribution is 2.59. The van der Waals surface area contributed by atoms with Gasteiger partial charge in [0.05, 0.1) is 7.11 Å². The van der Waals surface area contributed by atoms with Crippen molar-refractivity contribution in [2.45, 2.75) is 31.7 Å². The van der Waals surface area contributed by atoms with E-state index in [0.717, 1.165) is 52.1 Å². The lowest BCUT2D eigenvalue weighted by molar-refractivity contribution is 0.216. The van der Waals surface area contributed by atoms with Crippen molar-refractivity contribution in [3.05, 3.63) is 88.0 Å². The molecule has 9 rings (SSSR count). The zero-order valence-corrected chi connectivity index (χ0v) is 23.4. The average molecular weight is 563 g/mol. The van der Waals surface area contributed by atoms with Crippen molar-refractivity contribution in [2.75, 3.05) is 27.2 Å². The van der Waals surface area contributed by atoms with E-state index in [1.54, 1.807) is 13.2 Å². The maximum atomic E-state index is 11.4. The molecule has 0 aliphatic carbocycles. The normalized spacial score (nSPS) is 18.2. The molecule has 0 amide bonds. The average Bonchev–Trinajstić information content (AvgIpc) is 2.99. The quantitative estimate of drug-likeness (QED) is 0.242. The summed E-state index contributed by atoms with van der Waals surface area (Å²) in [6.07, 6.45) is 2.69. The van der Waals surface area contributed by atoms with Crippen molar-refractivity contribution in [1.82, 2.24) is 4.90 Å². The van der Waals surface area contributed by atoms with Gasteiger partial charge in [0.15, 0.2) is 34.5 Å². The van der Waals surface area contributed by atoms with Gasteiger partial charge in [0, 0.05) is 48.0 Å². The molecule has 4 aromatic rings. The summed E-state index contributed by atoms with van der Waals surface area (Å²) in [5.74, 6) is 3.72. The summed E-state index contributed by atoms with van der Waals surface area (Å²) in [7, 11) is 3.64. The van der Waals surface area contributed by atoms with Gasteiger partial charge in [0.1, 0.15) is 5.75 Å². The van der Waals surface area contributed by atoms with Crippen molar-refractivity contribution in [2.24, 2.45) is 4.99 Å². The predicted octanol–water partition coefficient (Wildman–Crippen LogP) is 6.47. The number of fused-ring (bicyclic) bond motifs is 2. The van der Waals surface area contributed by atoms with Crippen molar-refractivity contribution < 1.29 is 29.2 Å². The largest absolute Gasteiger partial charge is 0.504 e. The van der Waals surface area contributed by atoms with Crippen molar-refractivity contribution in [3.8, 4) is 51.7 Å². The molecule has 8 heteroatoms. The second-order valence-electron chi connectivity index (χ2n) is 11.3. The SMILES string of the molecule is COc1c(O)c2c3c4c1Oc1cc5c(cc1O4)C(=NCC5)Cc1ccc(O)c(c1)Oc1ccc(cc1)CC3N(C)CC2. The first-order chi connectivity index (χ1) is 20.5. The minimum Gasteiger partial charge on any atom is -0.504 e. The van der Waals surface area contributed by atoms with Gasteiger partial charge in [-0.15, -0.1) is 0 Å². The number of hydrogen-bond acceptors (Lipinski definition) is 8. The van der Waals surface area contributed by atoms with E-state index in [1.165, 1.54) is 0 Å². The summed E-state index contributed by atoms with van der Waals surface area (Å²) in [6.45, 7) is 1.44. The molecule has 0 fully saturated rings. The van der Waals surface area contributed by atoms with Crippen LogP contribution in [0.2, 0.25) is 0 Å². The molecule has 5 aliphatic rings. The van der Waals surface area contributed by atoms with Crippen LogP contribution in [0.1, 0.15) is 39.4 Å².